The molecule has 1 aromatic rings. The molecule has 0 N–H and O–H groups in total. The number of sulfonamides is 1. The first-order valence-corrected chi connectivity index (χ1v) is 8.56. The van der Waals surface area contributed by atoms with E-state index in [4.69, 9.17) is 4.74 Å². The first-order chi connectivity index (χ1) is 8.71. The summed E-state index contributed by atoms with van der Waals surface area (Å²) in [6.45, 7) is 3.11. The molecule has 0 aliphatic rings. The van der Waals surface area contributed by atoms with E-state index >= 15 is 0 Å². The third-order valence-electron chi connectivity index (χ3n) is 2.16. The van der Waals surface area contributed by atoms with Crippen LogP contribution in [0.1, 0.15) is 13.8 Å². The summed E-state index contributed by atoms with van der Waals surface area (Å²) in [7, 11) is -3.54. The second kappa shape index (κ2) is 6.56. The normalized spacial score (nSPS) is 11.4. The smallest absolute Gasteiger partial charge is 0.327 e. The van der Waals surface area contributed by atoms with Crippen LogP contribution < -0.4 is 4.31 Å². The number of carbonyl (C=O) groups excluding carboxylic acids is 1. The van der Waals surface area contributed by atoms with E-state index in [1.165, 1.54) is 0 Å². The summed E-state index contributed by atoms with van der Waals surface area (Å²) in [5.41, 5.74) is 0.478. The Morgan fingerprint density at radius 2 is 1.95 bits per heavy atom. The van der Waals surface area contributed by atoms with E-state index in [0.717, 1.165) is 14.1 Å². The quantitative estimate of drug-likeness (QED) is 0.564. The van der Waals surface area contributed by atoms with Crippen molar-refractivity contribution >= 4 is 44.3 Å². The van der Waals surface area contributed by atoms with Crippen LogP contribution in [0.5, 0.6) is 0 Å². The monoisotopic (exact) mass is 397 g/mol. The number of para-hydroxylation sites is 1. The summed E-state index contributed by atoms with van der Waals surface area (Å²) in [5, 5.41) is 0. The zero-order valence-electron chi connectivity index (χ0n) is 11.0. The molecule has 0 aliphatic carbocycles. The summed E-state index contributed by atoms with van der Waals surface area (Å²) in [4.78, 5) is 11.7. The van der Waals surface area contributed by atoms with Gasteiger partial charge in [0, 0.05) is 3.57 Å². The van der Waals surface area contributed by atoms with Gasteiger partial charge in [-0.15, -0.1) is 0 Å². The topological polar surface area (TPSA) is 63.7 Å². The zero-order chi connectivity index (χ0) is 14.6. The van der Waals surface area contributed by atoms with Gasteiger partial charge in [-0.2, -0.15) is 0 Å². The highest BCUT2D eigenvalue weighted by molar-refractivity contribution is 14.1. The molecule has 0 bridgehead atoms. The van der Waals surface area contributed by atoms with E-state index in [0.29, 0.717) is 5.69 Å². The van der Waals surface area contributed by atoms with Crippen molar-refractivity contribution in [1.29, 1.82) is 0 Å². The van der Waals surface area contributed by atoms with E-state index in [9.17, 15) is 13.2 Å². The Morgan fingerprint density at radius 1 is 1.37 bits per heavy atom. The minimum atomic E-state index is -3.54. The van der Waals surface area contributed by atoms with E-state index < -0.39 is 16.0 Å². The van der Waals surface area contributed by atoms with Gasteiger partial charge in [-0.25, -0.2) is 8.42 Å². The number of ether oxygens (including phenoxy) is 1. The molecule has 0 aromatic heterocycles. The van der Waals surface area contributed by atoms with Crippen molar-refractivity contribution in [2.75, 3.05) is 17.1 Å². The molecule has 7 heteroatoms. The molecule has 0 radical (unpaired) electrons. The number of rotatable bonds is 5. The van der Waals surface area contributed by atoms with Crippen LogP contribution >= 0.6 is 22.6 Å². The van der Waals surface area contributed by atoms with Gasteiger partial charge in [-0.1, -0.05) is 12.1 Å². The lowest BCUT2D eigenvalue weighted by Gasteiger charge is -2.23. The Kier molecular flexibility index (Phi) is 5.60. The molecule has 0 atom stereocenters. The lowest BCUT2D eigenvalue weighted by atomic mass is 10.3. The van der Waals surface area contributed by atoms with Gasteiger partial charge in [-0.3, -0.25) is 9.10 Å². The molecule has 0 spiro atoms. The van der Waals surface area contributed by atoms with E-state index in [2.05, 4.69) is 0 Å². The number of esters is 1. The second-order valence-electron chi connectivity index (χ2n) is 4.26. The van der Waals surface area contributed by atoms with E-state index in [1.807, 2.05) is 22.6 Å². The fraction of sp³-hybridized carbons (Fsp3) is 0.417. The Bertz CT molecular complexity index is 557. The van der Waals surface area contributed by atoms with Crippen molar-refractivity contribution in [2.45, 2.75) is 20.0 Å². The second-order valence-corrected chi connectivity index (χ2v) is 7.33. The highest BCUT2D eigenvalue weighted by Gasteiger charge is 2.23. The predicted octanol–water partition coefficient (Wildman–Crippen LogP) is 2.01. The highest BCUT2D eigenvalue weighted by Crippen LogP contribution is 2.24. The zero-order valence-corrected chi connectivity index (χ0v) is 13.9. The first kappa shape index (κ1) is 16.2. The summed E-state index contributed by atoms with van der Waals surface area (Å²) in [6, 6.07) is 6.97. The molecule has 106 valence electrons. The number of anilines is 1. The predicted molar refractivity (Wildman–Crippen MR) is 82.6 cm³/mol. The molecule has 19 heavy (non-hydrogen) atoms. The summed E-state index contributed by atoms with van der Waals surface area (Å²) >= 11 is 2.03. The van der Waals surface area contributed by atoms with Gasteiger partial charge in [0.25, 0.3) is 0 Å². The number of carbonyl (C=O) groups is 1. The fourth-order valence-electron chi connectivity index (χ4n) is 1.45. The summed E-state index contributed by atoms with van der Waals surface area (Å²) < 4.78 is 30.4. The van der Waals surface area contributed by atoms with Crippen LogP contribution in [0.2, 0.25) is 0 Å². The van der Waals surface area contributed by atoms with Crippen LogP contribution in [0.3, 0.4) is 0 Å². The maximum Gasteiger partial charge on any atom is 0.327 e. The largest absolute Gasteiger partial charge is 0.462 e. The maximum absolute atomic E-state index is 11.8. The molecule has 0 heterocycles. The van der Waals surface area contributed by atoms with Crippen LogP contribution in [-0.2, 0) is 19.6 Å². The molecule has 0 amide bonds. The third-order valence-corrected chi connectivity index (χ3v) is 4.20. The maximum atomic E-state index is 11.8. The van der Waals surface area contributed by atoms with Gasteiger partial charge >= 0.3 is 5.97 Å². The Balaban J connectivity index is 3.05. The summed E-state index contributed by atoms with van der Waals surface area (Å²) in [6.07, 6.45) is 0.794. The standard InChI is InChI=1S/C12H16INO4S/c1-9(2)18-12(15)8-14(19(3,16)17)11-7-5-4-6-10(11)13/h4-7,9H,8H2,1-3H3. The first-order valence-electron chi connectivity index (χ1n) is 5.63. The van der Waals surface area contributed by atoms with Gasteiger partial charge < -0.3 is 4.74 Å². The minimum absolute atomic E-state index is 0.274. The molecule has 1 aromatic carbocycles. The number of halogens is 1. The van der Waals surface area contributed by atoms with Gasteiger partial charge in [-0.05, 0) is 48.6 Å². The molecule has 0 saturated heterocycles. The van der Waals surface area contributed by atoms with Crippen LogP contribution in [-0.4, -0.2) is 33.3 Å². The van der Waals surface area contributed by atoms with Gasteiger partial charge in [0.05, 0.1) is 18.0 Å². The lowest BCUT2D eigenvalue weighted by molar-refractivity contribution is -0.145. The molecule has 0 aliphatic heterocycles. The summed E-state index contributed by atoms with van der Waals surface area (Å²) in [5.74, 6) is -0.569. The van der Waals surface area contributed by atoms with Gasteiger partial charge in [0.15, 0.2) is 0 Å². The molecule has 0 unspecified atom stereocenters. The van der Waals surface area contributed by atoms with Crippen molar-refractivity contribution < 1.29 is 17.9 Å². The van der Waals surface area contributed by atoms with Crippen LogP contribution in [0.4, 0.5) is 5.69 Å². The number of benzene rings is 1. The number of hydrogen-bond donors (Lipinski definition) is 0. The highest BCUT2D eigenvalue weighted by atomic mass is 127. The van der Waals surface area contributed by atoms with Crippen LogP contribution in [0.15, 0.2) is 24.3 Å². The van der Waals surface area contributed by atoms with Crippen molar-refractivity contribution in [3.8, 4) is 0 Å². The molecule has 1 rings (SSSR count). The molecule has 0 fully saturated rings. The van der Waals surface area contributed by atoms with Crippen molar-refractivity contribution in [2.24, 2.45) is 0 Å². The van der Waals surface area contributed by atoms with E-state index in [1.54, 1.807) is 38.1 Å². The van der Waals surface area contributed by atoms with Crippen LogP contribution in [0.25, 0.3) is 0 Å². The number of nitrogens with zero attached hydrogens (tertiary/aromatic N) is 1. The lowest BCUT2D eigenvalue weighted by Crippen LogP contribution is -2.37. The molecule has 0 saturated carbocycles. The molecular formula is C12H16INO4S. The fourth-order valence-corrected chi connectivity index (χ4v) is 3.15. The molecule has 5 nitrogen and oxygen atoms in total. The van der Waals surface area contributed by atoms with E-state index in [-0.39, 0.29) is 12.6 Å². The Labute approximate surface area is 127 Å². The van der Waals surface area contributed by atoms with Gasteiger partial charge in [0.1, 0.15) is 6.54 Å². The number of hydrogen-bond acceptors (Lipinski definition) is 4. The van der Waals surface area contributed by atoms with Gasteiger partial charge in [0.2, 0.25) is 10.0 Å². The van der Waals surface area contributed by atoms with Crippen molar-refractivity contribution in [1.82, 2.24) is 0 Å². The van der Waals surface area contributed by atoms with Crippen molar-refractivity contribution in [3.63, 3.8) is 0 Å². The molecular weight excluding hydrogens is 381 g/mol. The minimum Gasteiger partial charge on any atom is -0.462 e. The Hall–Kier alpha value is -0.830. The SMILES string of the molecule is CC(C)OC(=O)CN(c1ccccc1I)S(C)(=O)=O. The van der Waals surface area contributed by atoms with Crippen LogP contribution in [0, 0.1) is 3.57 Å². The van der Waals surface area contributed by atoms with Crippen molar-refractivity contribution in [3.05, 3.63) is 27.8 Å². The third kappa shape index (κ3) is 4.98. The average molecular weight is 397 g/mol. The Morgan fingerprint density at radius 3 is 2.42 bits per heavy atom. The average Bonchev–Trinajstić information content (AvgIpc) is 2.24.